The number of nitrogens with one attached hydrogen (secondary N) is 2. The zero-order chi connectivity index (χ0) is 26.0. The molecule has 1 aromatic heterocycles. The van der Waals surface area contributed by atoms with E-state index in [2.05, 4.69) is 15.7 Å². The van der Waals surface area contributed by atoms with Gasteiger partial charge in [-0.25, -0.2) is 9.18 Å². The predicted octanol–water partition coefficient (Wildman–Crippen LogP) is 2.88. The second-order valence-corrected chi connectivity index (χ2v) is 8.80. The number of aliphatic hydroxyl groups excluding tert-OH is 2. The molecule has 0 spiro atoms. The third-order valence-corrected chi connectivity index (χ3v) is 6.05. The third-order valence-electron chi connectivity index (χ3n) is 6.05. The summed E-state index contributed by atoms with van der Waals surface area (Å²) >= 11 is 0. The van der Waals surface area contributed by atoms with E-state index in [0.717, 1.165) is 16.8 Å². The van der Waals surface area contributed by atoms with Gasteiger partial charge in [0.05, 0.1) is 36.6 Å². The van der Waals surface area contributed by atoms with Crippen LogP contribution >= 0.6 is 0 Å². The summed E-state index contributed by atoms with van der Waals surface area (Å²) in [5.41, 5.74) is 4.50. The van der Waals surface area contributed by atoms with Crippen molar-refractivity contribution in [3.8, 4) is 11.3 Å². The number of nitrogens with zero attached hydrogens (tertiary/aromatic N) is 3. The first-order chi connectivity index (χ1) is 17.2. The molecule has 3 amide bonds. The molecule has 2 heterocycles. The molecule has 2 atom stereocenters. The van der Waals surface area contributed by atoms with E-state index in [-0.39, 0.29) is 19.2 Å². The van der Waals surface area contributed by atoms with Crippen LogP contribution in [0.5, 0.6) is 0 Å². The standard InChI is InChI=1S/C26H28FN5O4/c1-15-4-5-18(23-10-16(2)32(30-23)12-20(34)14-33)11-22(15)28-25(35)21-13-31(3)26(36)29-24(21)17-6-8-19(27)9-7-17/h4-11,13,20,24,33-34H,12,14H2,1-3H3,(H,28,35)(H,29,36)/t20-,24+/m1/s1. The zero-order valence-electron chi connectivity index (χ0n) is 20.2. The summed E-state index contributed by atoms with van der Waals surface area (Å²) in [6.45, 7) is 3.52. The highest BCUT2D eigenvalue weighted by Gasteiger charge is 2.30. The van der Waals surface area contributed by atoms with Crippen molar-refractivity contribution < 1.29 is 24.2 Å². The van der Waals surface area contributed by atoms with Gasteiger partial charge in [0.25, 0.3) is 5.91 Å². The smallest absolute Gasteiger partial charge is 0.321 e. The highest BCUT2D eigenvalue weighted by atomic mass is 19.1. The van der Waals surface area contributed by atoms with Gasteiger partial charge in [0, 0.05) is 30.2 Å². The zero-order valence-corrected chi connectivity index (χ0v) is 20.2. The molecule has 0 aliphatic carbocycles. The molecule has 4 rings (SSSR count). The molecule has 2 aromatic carbocycles. The lowest BCUT2D eigenvalue weighted by atomic mass is 9.97. The number of hydrogen-bond donors (Lipinski definition) is 4. The number of amides is 3. The van der Waals surface area contributed by atoms with Gasteiger partial charge in [-0.2, -0.15) is 5.10 Å². The van der Waals surface area contributed by atoms with Crippen LogP contribution in [-0.2, 0) is 11.3 Å². The van der Waals surface area contributed by atoms with Crippen molar-refractivity contribution in [3.63, 3.8) is 0 Å². The first-order valence-electron chi connectivity index (χ1n) is 11.4. The summed E-state index contributed by atoms with van der Waals surface area (Å²) < 4.78 is 15.1. The van der Waals surface area contributed by atoms with Gasteiger partial charge in [0.2, 0.25) is 0 Å². The number of carbonyl (C=O) groups is 2. The van der Waals surface area contributed by atoms with Crippen molar-refractivity contribution in [3.05, 3.63) is 82.9 Å². The highest BCUT2D eigenvalue weighted by molar-refractivity contribution is 6.06. The Labute approximate surface area is 207 Å². The Morgan fingerprint density at radius 1 is 1.19 bits per heavy atom. The third kappa shape index (κ3) is 5.29. The minimum Gasteiger partial charge on any atom is -0.394 e. The quantitative estimate of drug-likeness (QED) is 0.404. The number of aliphatic hydroxyl groups is 2. The van der Waals surface area contributed by atoms with Crippen LogP contribution in [0.1, 0.15) is 22.9 Å². The molecule has 4 N–H and O–H groups in total. The molecule has 0 bridgehead atoms. The maximum atomic E-state index is 13.4. The number of urea groups is 1. The number of aryl methyl sites for hydroxylation is 2. The normalized spacial score (nSPS) is 16.4. The van der Waals surface area contributed by atoms with E-state index >= 15 is 0 Å². The number of halogens is 1. The molecule has 188 valence electrons. The molecule has 36 heavy (non-hydrogen) atoms. The monoisotopic (exact) mass is 493 g/mol. The Morgan fingerprint density at radius 2 is 1.92 bits per heavy atom. The Kier molecular flexibility index (Phi) is 7.18. The van der Waals surface area contributed by atoms with E-state index in [1.54, 1.807) is 17.8 Å². The molecule has 0 radical (unpaired) electrons. The number of aromatic nitrogens is 2. The van der Waals surface area contributed by atoms with Gasteiger partial charge in [-0.15, -0.1) is 0 Å². The van der Waals surface area contributed by atoms with Crippen LogP contribution in [-0.4, -0.2) is 56.6 Å². The molecule has 0 unspecified atom stereocenters. The molecule has 1 aliphatic rings. The number of anilines is 1. The van der Waals surface area contributed by atoms with Crippen molar-refractivity contribution in [2.45, 2.75) is 32.5 Å². The van der Waals surface area contributed by atoms with Crippen LogP contribution in [0, 0.1) is 19.7 Å². The molecule has 0 fully saturated rings. The Bertz CT molecular complexity index is 1320. The number of carbonyl (C=O) groups excluding carboxylic acids is 2. The average molecular weight is 494 g/mol. The number of rotatable bonds is 7. The van der Waals surface area contributed by atoms with Gasteiger partial charge in [0.1, 0.15) is 5.82 Å². The molecule has 10 heteroatoms. The summed E-state index contributed by atoms with van der Waals surface area (Å²) in [6.07, 6.45) is 0.555. The molecular weight excluding hydrogens is 465 g/mol. The fraction of sp³-hybridized carbons (Fsp3) is 0.269. The second kappa shape index (κ2) is 10.3. The fourth-order valence-corrected chi connectivity index (χ4v) is 3.96. The van der Waals surface area contributed by atoms with E-state index in [1.807, 2.05) is 32.0 Å². The summed E-state index contributed by atoms with van der Waals surface area (Å²) in [7, 11) is 1.54. The predicted molar refractivity (Wildman–Crippen MR) is 132 cm³/mol. The topological polar surface area (TPSA) is 120 Å². The van der Waals surface area contributed by atoms with E-state index in [0.29, 0.717) is 22.5 Å². The Hall–Kier alpha value is -4.02. The molecule has 0 saturated carbocycles. The molecular formula is C26H28FN5O4. The first-order valence-corrected chi connectivity index (χ1v) is 11.4. The lowest BCUT2D eigenvalue weighted by Crippen LogP contribution is -2.44. The summed E-state index contributed by atoms with van der Waals surface area (Å²) in [5.74, 6) is -0.826. The van der Waals surface area contributed by atoms with Crippen molar-refractivity contribution in [1.29, 1.82) is 0 Å². The van der Waals surface area contributed by atoms with Crippen molar-refractivity contribution in [1.82, 2.24) is 20.0 Å². The Balaban J connectivity index is 1.61. The van der Waals surface area contributed by atoms with Crippen LogP contribution < -0.4 is 10.6 Å². The molecule has 0 saturated heterocycles. The maximum absolute atomic E-state index is 13.4. The lowest BCUT2D eigenvalue weighted by Gasteiger charge is -2.30. The molecule has 1 aliphatic heterocycles. The highest BCUT2D eigenvalue weighted by Crippen LogP contribution is 2.29. The van der Waals surface area contributed by atoms with Crippen LogP contribution in [0.15, 0.2) is 60.3 Å². The van der Waals surface area contributed by atoms with Gasteiger partial charge < -0.3 is 25.7 Å². The number of hydrogen-bond acceptors (Lipinski definition) is 5. The van der Waals surface area contributed by atoms with Crippen LogP contribution in [0.4, 0.5) is 14.9 Å². The van der Waals surface area contributed by atoms with E-state index in [1.165, 1.54) is 35.4 Å². The SMILES string of the molecule is Cc1ccc(-c2cc(C)n(C[C@@H](O)CO)n2)cc1NC(=O)C1=CN(C)C(=O)N[C@H]1c1ccc(F)cc1. The van der Waals surface area contributed by atoms with Gasteiger partial charge in [-0.1, -0.05) is 24.3 Å². The minimum atomic E-state index is -0.916. The molecule has 3 aromatic rings. The summed E-state index contributed by atoms with van der Waals surface area (Å²) in [4.78, 5) is 26.9. The van der Waals surface area contributed by atoms with Gasteiger partial charge in [-0.05, 0) is 49.2 Å². The van der Waals surface area contributed by atoms with E-state index in [4.69, 9.17) is 5.11 Å². The van der Waals surface area contributed by atoms with Crippen LogP contribution in [0.3, 0.4) is 0 Å². The fourth-order valence-electron chi connectivity index (χ4n) is 3.96. The average Bonchev–Trinajstić information content (AvgIpc) is 3.22. The van der Waals surface area contributed by atoms with Crippen LogP contribution in [0.2, 0.25) is 0 Å². The molecule has 9 nitrogen and oxygen atoms in total. The second-order valence-electron chi connectivity index (χ2n) is 8.80. The first kappa shape index (κ1) is 25.1. The minimum absolute atomic E-state index is 0.163. The van der Waals surface area contributed by atoms with Crippen molar-refractivity contribution in [2.24, 2.45) is 0 Å². The van der Waals surface area contributed by atoms with Crippen molar-refractivity contribution >= 4 is 17.6 Å². The lowest BCUT2D eigenvalue weighted by molar-refractivity contribution is -0.113. The van der Waals surface area contributed by atoms with Crippen LogP contribution in [0.25, 0.3) is 11.3 Å². The van der Waals surface area contributed by atoms with E-state index in [9.17, 15) is 19.1 Å². The van der Waals surface area contributed by atoms with Crippen molar-refractivity contribution in [2.75, 3.05) is 19.0 Å². The number of benzene rings is 2. The summed E-state index contributed by atoms with van der Waals surface area (Å²) in [5, 5.41) is 29.1. The largest absolute Gasteiger partial charge is 0.394 e. The maximum Gasteiger partial charge on any atom is 0.321 e. The van der Waals surface area contributed by atoms with Gasteiger partial charge in [0.15, 0.2) is 0 Å². The van der Waals surface area contributed by atoms with E-state index < -0.39 is 23.9 Å². The summed E-state index contributed by atoms with van der Waals surface area (Å²) in [6, 6.07) is 11.9. The van der Waals surface area contributed by atoms with Gasteiger partial charge >= 0.3 is 6.03 Å². The Morgan fingerprint density at radius 3 is 2.61 bits per heavy atom. The van der Waals surface area contributed by atoms with Gasteiger partial charge in [-0.3, -0.25) is 9.48 Å².